The van der Waals surface area contributed by atoms with E-state index in [-0.39, 0.29) is 5.78 Å². The average molecular weight is 388 g/mol. The summed E-state index contributed by atoms with van der Waals surface area (Å²) < 4.78 is 0. The van der Waals surface area contributed by atoms with Crippen molar-refractivity contribution in [3.8, 4) is 0 Å². The van der Waals surface area contributed by atoms with Crippen LogP contribution in [0, 0.1) is 5.92 Å². The van der Waals surface area contributed by atoms with Crippen LogP contribution >= 0.6 is 0 Å². The molecular weight excluding hydrogens is 346 g/mol. The minimum Gasteiger partial charge on any atom is -0.343 e. The first-order chi connectivity index (χ1) is 13.5. The SMILES string of the molecule is CC.CC(=O)c1ccc(C2CCN(C(=O)CCCCCCC(C)C)CC2)cc1. The zero-order valence-corrected chi connectivity index (χ0v) is 18.8. The molecule has 1 amide bonds. The molecule has 0 bridgehead atoms. The van der Waals surface area contributed by atoms with Crippen molar-refractivity contribution in [2.75, 3.05) is 13.1 Å². The van der Waals surface area contributed by atoms with Crippen molar-refractivity contribution in [2.24, 2.45) is 5.92 Å². The molecule has 1 aliphatic rings. The molecule has 1 heterocycles. The van der Waals surface area contributed by atoms with Crippen LogP contribution < -0.4 is 0 Å². The summed E-state index contributed by atoms with van der Waals surface area (Å²) in [4.78, 5) is 25.8. The molecule has 0 N–H and O–H groups in total. The van der Waals surface area contributed by atoms with Crippen LogP contribution in [0.5, 0.6) is 0 Å². The number of nitrogens with zero attached hydrogens (tertiary/aromatic N) is 1. The number of amides is 1. The van der Waals surface area contributed by atoms with E-state index in [1.165, 1.54) is 31.2 Å². The Hall–Kier alpha value is -1.64. The van der Waals surface area contributed by atoms with E-state index in [1.807, 2.05) is 26.0 Å². The highest BCUT2D eigenvalue weighted by Crippen LogP contribution is 2.28. The van der Waals surface area contributed by atoms with Crippen LogP contribution in [0.4, 0.5) is 0 Å². The van der Waals surface area contributed by atoms with Gasteiger partial charge in [-0.25, -0.2) is 0 Å². The molecule has 1 fully saturated rings. The highest BCUT2D eigenvalue weighted by molar-refractivity contribution is 5.94. The Morgan fingerprint density at radius 2 is 1.54 bits per heavy atom. The lowest BCUT2D eigenvalue weighted by molar-refractivity contribution is -0.132. The van der Waals surface area contributed by atoms with Gasteiger partial charge in [-0.3, -0.25) is 9.59 Å². The number of rotatable bonds is 9. The molecule has 158 valence electrons. The third-order valence-corrected chi connectivity index (χ3v) is 5.56. The first-order valence-electron chi connectivity index (χ1n) is 11.4. The summed E-state index contributed by atoms with van der Waals surface area (Å²) in [5, 5.41) is 0. The maximum atomic E-state index is 12.4. The van der Waals surface area contributed by atoms with Crippen LogP contribution in [0.1, 0.15) is 108 Å². The van der Waals surface area contributed by atoms with E-state index in [1.54, 1.807) is 6.92 Å². The van der Waals surface area contributed by atoms with Gasteiger partial charge >= 0.3 is 0 Å². The normalized spacial score (nSPS) is 14.6. The van der Waals surface area contributed by atoms with Crippen LogP contribution in [0.15, 0.2) is 24.3 Å². The minimum atomic E-state index is 0.112. The van der Waals surface area contributed by atoms with Gasteiger partial charge in [0.2, 0.25) is 5.91 Å². The number of Topliss-reactive ketones (excluding diaryl/α,β-unsaturated/α-hetero) is 1. The van der Waals surface area contributed by atoms with Gasteiger partial charge < -0.3 is 4.90 Å². The summed E-state index contributed by atoms with van der Waals surface area (Å²) in [5.41, 5.74) is 2.07. The Bertz CT molecular complexity index is 569. The van der Waals surface area contributed by atoms with Gasteiger partial charge in [-0.05, 0) is 43.6 Å². The molecule has 1 saturated heterocycles. The Kier molecular flexibility index (Phi) is 11.8. The third kappa shape index (κ3) is 8.58. The smallest absolute Gasteiger partial charge is 0.222 e. The summed E-state index contributed by atoms with van der Waals surface area (Å²) in [5.74, 6) is 1.74. The fourth-order valence-electron chi connectivity index (χ4n) is 3.79. The Morgan fingerprint density at radius 1 is 0.964 bits per heavy atom. The topological polar surface area (TPSA) is 37.4 Å². The first-order valence-corrected chi connectivity index (χ1v) is 11.4. The molecule has 1 aliphatic heterocycles. The molecule has 0 spiro atoms. The maximum absolute atomic E-state index is 12.4. The number of likely N-dealkylation sites (tertiary alicyclic amines) is 1. The van der Waals surface area contributed by atoms with Gasteiger partial charge in [-0.2, -0.15) is 0 Å². The summed E-state index contributed by atoms with van der Waals surface area (Å²) in [7, 11) is 0. The molecule has 3 heteroatoms. The zero-order valence-electron chi connectivity index (χ0n) is 18.8. The van der Waals surface area contributed by atoms with Gasteiger partial charge in [0, 0.05) is 25.1 Å². The third-order valence-electron chi connectivity index (χ3n) is 5.56. The van der Waals surface area contributed by atoms with Gasteiger partial charge in [-0.15, -0.1) is 0 Å². The molecule has 0 unspecified atom stereocenters. The summed E-state index contributed by atoms with van der Waals surface area (Å²) in [6, 6.07) is 8.01. The van der Waals surface area contributed by atoms with E-state index < -0.39 is 0 Å². The van der Waals surface area contributed by atoms with Crippen molar-refractivity contribution in [2.45, 2.75) is 91.9 Å². The molecule has 1 aromatic rings. The highest BCUT2D eigenvalue weighted by atomic mass is 16.2. The molecule has 3 nitrogen and oxygen atoms in total. The van der Waals surface area contributed by atoms with E-state index in [0.717, 1.165) is 43.8 Å². The largest absolute Gasteiger partial charge is 0.343 e. The van der Waals surface area contributed by atoms with Crippen molar-refractivity contribution in [3.63, 3.8) is 0 Å². The molecule has 0 atom stereocenters. The average Bonchev–Trinajstić information content (AvgIpc) is 2.72. The molecule has 0 aliphatic carbocycles. The number of benzene rings is 1. The van der Waals surface area contributed by atoms with Crippen LogP contribution in [-0.2, 0) is 4.79 Å². The van der Waals surface area contributed by atoms with Gasteiger partial charge in [0.1, 0.15) is 0 Å². The van der Waals surface area contributed by atoms with E-state index in [9.17, 15) is 9.59 Å². The van der Waals surface area contributed by atoms with Gasteiger partial charge in [-0.1, -0.05) is 77.6 Å². The predicted octanol–water partition coefficient (Wildman–Crippen LogP) is 6.62. The lowest BCUT2D eigenvalue weighted by Crippen LogP contribution is -2.37. The molecule has 1 aromatic carbocycles. The lowest BCUT2D eigenvalue weighted by atomic mass is 9.88. The van der Waals surface area contributed by atoms with Crippen LogP contribution in [0.25, 0.3) is 0 Å². The standard InChI is InChI=1S/C23H35NO2.C2H6/c1-18(2)8-6-4-5-7-9-23(26)24-16-14-22(15-17-24)21-12-10-20(11-13-21)19(3)25;1-2/h10-13,18,22H,4-9,14-17H2,1-3H3;1-2H3. The fourth-order valence-corrected chi connectivity index (χ4v) is 3.79. The lowest BCUT2D eigenvalue weighted by Gasteiger charge is -2.32. The predicted molar refractivity (Wildman–Crippen MR) is 119 cm³/mol. The second-order valence-corrected chi connectivity index (χ2v) is 8.18. The van der Waals surface area contributed by atoms with Gasteiger partial charge in [0.15, 0.2) is 5.78 Å². The molecule has 0 saturated carbocycles. The Balaban J connectivity index is 0.00000190. The number of ketones is 1. The van der Waals surface area contributed by atoms with E-state index in [4.69, 9.17) is 0 Å². The highest BCUT2D eigenvalue weighted by Gasteiger charge is 2.23. The van der Waals surface area contributed by atoms with Crippen molar-refractivity contribution in [1.82, 2.24) is 4.90 Å². The van der Waals surface area contributed by atoms with Crippen LogP contribution in [0.2, 0.25) is 0 Å². The fraction of sp³-hybridized carbons (Fsp3) is 0.680. The summed E-state index contributed by atoms with van der Waals surface area (Å²) in [6.45, 7) is 11.9. The Labute approximate surface area is 172 Å². The molecule has 0 radical (unpaired) electrons. The van der Waals surface area contributed by atoms with Crippen molar-refractivity contribution < 1.29 is 9.59 Å². The second-order valence-electron chi connectivity index (χ2n) is 8.18. The van der Waals surface area contributed by atoms with Crippen molar-refractivity contribution >= 4 is 11.7 Å². The van der Waals surface area contributed by atoms with Gasteiger partial charge in [0.05, 0.1) is 0 Å². The second kappa shape index (κ2) is 13.5. The van der Waals surface area contributed by atoms with E-state index in [2.05, 4.69) is 30.9 Å². The number of carbonyl (C=O) groups is 2. The molecular formula is C25H41NO2. The number of unbranched alkanes of at least 4 members (excludes halogenated alkanes) is 3. The molecule has 28 heavy (non-hydrogen) atoms. The molecule has 2 rings (SSSR count). The number of hydrogen-bond acceptors (Lipinski definition) is 2. The van der Waals surface area contributed by atoms with Crippen molar-refractivity contribution in [3.05, 3.63) is 35.4 Å². The van der Waals surface area contributed by atoms with Crippen LogP contribution in [-0.4, -0.2) is 29.7 Å². The number of piperidine rings is 1. The van der Waals surface area contributed by atoms with Gasteiger partial charge in [0.25, 0.3) is 0 Å². The van der Waals surface area contributed by atoms with E-state index in [0.29, 0.717) is 18.2 Å². The minimum absolute atomic E-state index is 0.112. The quantitative estimate of drug-likeness (QED) is 0.353. The van der Waals surface area contributed by atoms with E-state index >= 15 is 0 Å². The summed E-state index contributed by atoms with van der Waals surface area (Å²) in [6.07, 6.45) is 8.82. The zero-order chi connectivity index (χ0) is 20.9. The van der Waals surface area contributed by atoms with Crippen LogP contribution in [0.3, 0.4) is 0 Å². The number of carbonyl (C=O) groups excluding carboxylic acids is 2. The molecule has 0 aromatic heterocycles. The Morgan fingerprint density at radius 3 is 2.07 bits per heavy atom. The first kappa shape index (κ1) is 24.4. The number of hydrogen-bond donors (Lipinski definition) is 0. The maximum Gasteiger partial charge on any atom is 0.222 e. The van der Waals surface area contributed by atoms with Crippen molar-refractivity contribution in [1.29, 1.82) is 0 Å². The summed E-state index contributed by atoms with van der Waals surface area (Å²) >= 11 is 0. The monoisotopic (exact) mass is 387 g/mol.